The summed E-state index contributed by atoms with van der Waals surface area (Å²) in [7, 11) is 0. The maximum absolute atomic E-state index is 11.7. The Balaban J connectivity index is 2.49. The maximum Gasteiger partial charge on any atom is 0.359 e. The van der Waals surface area contributed by atoms with Gasteiger partial charge in [-0.15, -0.1) is 0 Å². The minimum Gasteiger partial charge on any atom is -0.431 e. The zero-order valence-electron chi connectivity index (χ0n) is 10.1. The Hall–Kier alpha value is -0.940. The van der Waals surface area contributed by atoms with Crippen LogP contribution in [0.1, 0.15) is 31.3 Å². The van der Waals surface area contributed by atoms with E-state index in [9.17, 15) is 4.79 Å². The van der Waals surface area contributed by atoms with Gasteiger partial charge in [0.1, 0.15) is 10.3 Å². The van der Waals surface area contributed by atoms with E-state index in [0.717, 1.165) is 0 Å². The fraction of sp³-hybridized carbons (Fsp3) is 0.500. The number of rotatable bonds is 5. The Morgan fingerprint density at radius 3 is 2.71 bits per heavy atom. The van der Waals surface area contributed by atoms with Gasteiger partial charge < -0.3 is 9.47 Å². The summed E-state index contributed by atoms with van der Waals surface area (Å²) in [5.74, 6) is -0.0808. The van der Waals surface area contributed by atoms with Gasteiger partial charge in [-0.3, -0.25) is 0 Å². The summed E-state index contributed by atoms with van der Waals surface area (Å²) in [6.07, 6.45) is -0.564. The summed E-state index contributed by atoms with van der Waals surface area (Å²) < 4.78 is 11.0. The van der Waals surface area contributed by atoms with E-state index in [2.05, 4.69) is 20.9 Å². The highest BCUT2D eigenvalue weighted by molar-refractivity contribution is 9.10. The van der Waals surface area contributed by atoms with Crippen molar-refractivity contribution in [2.45, 2.75) is 27.1 Å². The zero-order valence-corrected chi connectivity index (χ0v) is 11.7. The lowest BCUT2D eigenvalue weighted by Crippen LogP contribution is -2.21. The monoisotopic (exact) mass is 301 g/mol. The zero-order chi connectivity index (χ0) is 12.8. The molecule has 0 spiro atoms. The number of halogens is 1. The maximum atomic E-state index is 11.7. The van der Waals surface area contributed by atoms with Gasteiger partial charge in [0.15, 0.2) is 0 Å². The number of esters is 1. The average Bonchev–Trinajstić information content (AvgIpc) is 2.26. The summed E-state index contributed by atoms with van der Waals surface area (Å²) in [5, 5.41) is 0. The molecule has 0 aromatic carbocycles. The van der Waals surface area contributed by atoms with Gasteiger partial charge in [0.05, 0.1) is 6.61 Å². The minimum absolute atomic E-state index is 0.263. The van der Waals surface area contributed by atoms with Crippen molar-refractivity contribution >= 4 is 21.9 Å². The molecule has 5 heteroatoms. The fourth-order valence-corrected chi connectivity index (χ4v) is 1.44. The van der Waals surface area contributed by atoms with Gasteiger partial charge in [-0.2, -0.15) is 0 Å². The predicted molar refractivity (Wildman–Crippen MR) is 67.6 cm³/mol. The topological polar surface area (TPSA) is 48.4 Å². The molecule has 0 amide bonds. The normalized spacial score (nSPS) is 12.5. The second-order valence-electron chi connectivity index (χ2n) is 4.05. The predicted octanol–water partition coefficient (Wildman–Crippen LogP) is 3.02. The van der Waals surface area contributed by atoms with Gasteiger partial charge >= 0.3 is 5.97 Å². The van der Waals surface area contributed by atoms with Gasteiger partial charge in [-0.25, -0.2) is 9.78 Å². The van der Waals surface area contributed by atoms with Crippen LogP contribution in [0, 0.1) is 5.92 Å². The highest BCUT2D eigenvalue weighted by Crippen LogP contribution is 2.09. The lowest BCUT2D eigenvalue weighted by molar-refractivity contribution is -0.105. The molecule has 1 aromatic heterocycles. The van der Waals surface area contributed by atoms with Crippen LogP contribution in [0.25, 0.3) is 0 Å². The standard InChI is InChI=1S/C12H16BrNO3/c1-8(2)7-16-9(3)17-12(15)10-5-4-6-11(13)14-10/h4-6,8-9H,7H2,1-3H3. The van der Waals surface area contributed by atoms with Crippen LogP contribution in [0.2, 0.25) is 0 Å². The van der Waals surface area contributed by atoms with E-state index < -0.39 is 12.3 Å². The van der Waals surface area contributed by atoms with Gasteiger partial charge in [-0.1, -0.05) is 19.9 Å². The molecular weight excluding hydrogens is 286 g/mol. The van der Waals surface area contributed by atoms with Crippen LogP contribution < -0.4 is 0 Å². The lowest BCUT2D eigenvalue weighted by atomic mass is 10.2. The van der Waals surface area contributed by atoms with Crippen LogP contribution in [0.15, 0.2) is 22.8 Å². The molecule has 0 N–H and O–H groups in total. The number of pyridine rings is 1. The van der Waals surface area contributed by atoms with Crippen molar-refractivity contribution in [2.24, 2.45) is 5.92 Å². The molecule has 1 rings (SSSR count). The van der Waals surface area contributed by atoms with E-state index in [1.165, 1.54) is 0 Å². The molecule has 1 aromatic rings. The summed E-state index contributed by atoms with van der Waals surface area (Å²) in [4.78, 5) is 15.7. The highest BCUT2D eigenvalue weighted by atomic mass is 79.9. The van der Waals surface area contributed by atoms with Crippen molar-refractivity contribution in [1.29, 1.82) is 0 Å². The highest BCUT2D eigenvalue weighted by Gasteiger charge is 2.14. The van der Waals surface area contributed by atoms with Gasteiger partial charge in [0, 0.05) is 0 Å². The Kier molecular flexibility index (Phi) is 5.58. The summed E-state index contributed by atoms with van der Waals surface area (Å²) in [5.41, 5.74) is 0.263. The SMILES string of the molecule is CC(C)COC(C)OC(=O)c1cccc(Br)n1. The molecular formula is C12H16BrNO3. The van der Waals surface area contributed by atoms with Gasteiger partial charge in [0.2, 0.25) is 6.29 Å². The van der Waals surface area contributed by atoms with Gasteiger partial charge in [0.25, 0.3) is 0 Å². The summed E-state index contributed by atoms with van der Waals surface area (Å²) in [6.45, 7) is 6.31. The van der Waals surface area contributed by atoms with E-state index in [4.69, 9.17) is 9.47 Å². The number of carbonyl (C=O) groups is 1. The minimum atomic E-state index is -0.564. The average molecular weight is 302 g/mol. The number of ether oxygens (including phenoxy) is 2. The Labute approximate surface area is 109 Å². The molecule has 1 atom stereocenters. The van der Waals surface area contributed by atoms with Crippen molar-refractivity contribution < 1.29 is 14.3 Å². The molecule has 0 saturated heterocycles. The first-order chi connectivity index (χ1) is 7.99. The van der Waals surface area contributed by atoms with E-state index in [1.807, 2.05) is 13.8 Å². The van der Waals surface area contributed by atoms with Crippen molar-refractivity contribution in [3.63, 3.8) is 0 Å². The first kappa shape index (κ1) is 14.1. The first-order valence-corrected chi connectivity index (χ1v) is 6.23. The van der Waals surface area contributed by atoms with Gasteiger partial charge in [-0.05, 0) is 40.9 Å². The van der Waals surface area contributed by atoms with Crippen LogP contribution in [0.4, 0.5) is 0 Å². The Bertz CT molecular complexity index is 382. The van der Waals surface area contributed by atoms with Crippen LogP contribution in [-0.2, 0) is 9.47 Å². The molecule has 0 aliphatic rings. The number of carbonyl (C=O) groups excluding carboxylic acids is 1. The summed E-state index contributed by atoms with van der Waals surface area (Å²) in [6, 6.07) is 5.07. The Morgan fingerprint density at radius 1 is 1.41 bits per heavy atom. The molecule has 0 fully saturated rings. The second-order valence-corrected chi connectivity index (χ2v) is 4.86. The third-order valence-corrected chi connectivity index (χ3v) is 2.30. The van der Waals surface area contributed by atoms with Crippen molar-refractivity contribution in [3.05, 3.63) is 28.5 Å². The molecule has 94 valence electrons. The quantitative estimate of drug-likeness (QED) is 0.476. The molecule has 0 bridgehead atoms. The number of aromatic nitrogens is 1. The van der Waals surface area contributed by atoms with Crippen molar-refractivity contribution in [2.75, 3.05) is 6.61 Å². The van der Waals surface area contributed by atoms with E-state index in [0.29, 0.717) is 17.1 Å². The van der Waals surface area contributed by atoms with E-state index >= 15 is 0 Å². The number of hydrogen-bond acceptors (Lipinski definition) is 4. The fourth-order valence-electron chi connectivity index (χ4n) is 1.10. The van der Waals surface area contributed by atoms with Crippen LogP contribution in [-0.4, -0.2) is 23.9 Å². The van der Waals surface area contributed by atoms with Crippen LogP contribution in [0.5, 0.6) is 0 Å². The lowest BCUT2D eigenvalue weighted by Gasteiger charge is -2.15. The third-order valence-electron chi connectivity index (χ3n) is 1.86. The summed E-state index contributed by atoms with van der Waals surface area (Å²) >= 11 is 3.20. The van der Waals surface area contributed by atoms with Crippen molar-refractivity contribution in [1.82, 2.24) is 4.98 Å². The number of hydrogen-bond donors (Lipinski definition) is 0. The molecule has 4 nitrogen and oxygen atoms in total. The molecule has 17 heavy (non-hydrogen) atoms. The smallest absolute Gasteiger partial charge is 0.359 e. The molecule has 1 heterocycles. The number of nitrogens with zero attached hydrogens (tertiary/aromatic N) is 1. The molecule has 0 saturated carbocycles. The van der Waals surface area contributed by atoms with Crippen LogP contribution in [0.3, 0.4) is 0 Å². The first-order valence-electron chi connectivity index (χ1n) is 5.44. The van der Waals surface area contributed by atoms with E-state index in [-0.39, 0.29) is 5.69 Å². The molecule has 1 unspecified atom stereocenters. The Morgan fingerprint density at radius 2 is 2.12 bits per heavy atom. The van der Waals surface area contributed by atoms with Crippen LogP contribution >= 0.6 is 15.9 Å². The van der Waals surface area contributed by atoms with Crippen molar-refractivity contribution in [3.8, 4) is 0 Å². The van der Waals surface area contributed by atoms with E-state index in [1.54, 1.807) is 25.1 Å². The molecule has 0 aliphatic heterocycles. The largest absolute Gasteiger partial charge is 0.431 e. The third kappa shape index (κ3) is 5.28. The molecule has 0 radical (unpaired) electrons. The second kappa shape index (κ2) is 6.71. The molecule has 0 aliphatic carbocycles.